The fourth-order valence-electron chi connectivity index (χ4n) is 3.17. The lowest BCUT2D eigenvalue weighted by Crippen LogP contribution is -2.42. The molecule has 2 atom stereocenters. The predicted molar refractivity (Wildman–Crippen MR) is 107 cm³/mol. The molecule has 26 heavy (non-hydrogen) atoms. The van der Waals surface area contributed by atoms with Crippen LogP contribution in [0.15, 0.2) is 29.3 Å². The molecule has 1 aromatic rings. The summed E-state index contributed by atoms with van der Waals surface area (Å²) in [5.41, 5.74) is 1.12. The van der Waals surface area contributed by atoms with Crippen LogP contribution in [0.2, 0.25) is 0 Å². The fourth-order valence-corrected chi connectivity index (χ4v) is 3.17. The summed E-state index contributed by atoms with van der Waals surface area (Å²) in [6, 6.07) is 8.47. The number of aliphatic imine (C=N–C) groups is 1. The minimum Gasteiger partial charge on any atom is -0.497 e. The number of benzene rings is 1. The zero-order valence-corrected chi connectivity index (χ0v) is 16.8. The van der Waals surface area contributed by atoms with Crippen molar-refractivity contribution in [2.24, 2.45) is 4.99 Å². The molecule has 0 spiro atoms. The molecular weight excluding hydrogens is 328 g/mol. The van der Waals surface area contributed by atoms with Crippen LogP contribution in [0.1, 0.15) is 38.3 Å². The molecule has 0 amide bonds. The summed E-state index contributed by atoms with van der Waals surface area (Å²) >= 11 is 0. The second kappa shape index (κ2) is 9.78. The Morgan fingerprint density at radius 1 is 1.31 bits per heavy atom. The molecule has 2 unspecified atom stereocenters. The van der Waals surface area contributed by atoms with Gasteiger partial charge in [-0.05, 0) is 58.5 Å². The van der Waals surface area contributed by atoms with Crippen LogP contribution >= 0.6 is 0 Å². The summed E-state index contributed by atoms with van der Waals surface area (Å²) in [5, 5.41) is 6.81. The van der Waals surface area contributed by atoms with Gasteiger partial charge in [-0.1, -0.05) is 12.1 Å². The van der Waals surface area contributed by atoms with Crippen LogP contribution in [0.5, 0.6) is 5.75 Å². The lowest BCUT2D eigenvalue weighted by molar-refractivity contribution is 0.0283. The molecule has 1 fully saturated rings. The quantitative estimate of drug-likeness (QED) is 0.549. The summed E-state index contributed by atoms with van der Waals surface area (Å²) < 4.78 is 11.1. The molecule has 2 rings (SSSR count). The number of rotatable bonds is 8. The van der Waals surface area contributed by atoms with Gasteiger partial charge in [0.15, 0.2) is 5.96 Å². The van der Waals surface area contributed by atoms with Gasteiger partial charge >= 0.3 is 0 Å². The van der Waals surface area contributed by atoms with E-state index in [2.05, 4.69) is 55.6 Å². The molecule has 0 saturated carbocycles. The molecule has 2 N–H and O–H groups in total. The highest BCUT2D eigenvalue weighted by molar-refractivity contribution is 5.79. The zero-order chi connectivity index (χ0) is 19.0. The molecule has 1 aliphatic rings. The third kappa shape index (κ3) is 5.88. The van der Waals surface area contributed by atoms with Crippen molar-refractivity contribution in [2.45, 2.75) is 38.3 Å². The first-order valence-corrected chi connectivity index (χ1v) is 9.44. The summed E-state index contributed by atoms with van der Waals surface area (Å²) in [6.07, 6.45) is 2.19. The molecule has 0 aromatic heterocycles. The number of ether oxygens (including phenoxy) is 2. The maximum Gasteiger partial charge on any atom is 0.191 e. The highest BCUT2D eigenvalue weighted by Crippen LogP contribution is 2.25. The number of hydrogen-bond acceptors (Lipinski definition) is 4. The lowest BCUT2D eigenvalue weighted by atomic mass is 10.0. The van der Waals surface area contributed by atoms with Crippen molar-refractivity contribution in [2.75, 3.05) is 47.4 Å². The molecular formula is C20H34N4O2. The number of likely N-dealkylation sites (N-methyl/N-ethyl adjacent to an activating group) is 1. The molecule has 1 saturated heterocycles. The first-order chi connectivity index (χ1) is 12.5. The van der Waals surface area contributed by atoms with Crippen molar-refractivity contribution in [3.8, 4) is 5.75 Å². The van der Waals surface area contributed by atoms with E-state index in [1.807, 2.05) is 12.1 Å². The summed E-state index contributed by atoms with van der Waals surface area (Å²) in [5.74, 6) is 1.71. The average Bonchev–Trinajstić information content (AvgIpc) is 3.07. The number of hydrogen-bond donors (Lipinski definition) is 2. The summed E-state index contributed by atoms with van der Waals surface area (Å²) in [7, 11) is 5.87. The monoisotopic (exact) mass is 362 g/mol. The van der Waals surface area contributed by atoms with E-state index in [0.717, 1.165) is 44.2 Å². The Hall–Kier alpha value is -1.79. The van der Waals surface area contributed by atoms with E-state index in [9.17, 15) is 0 Å². The van der Waals surface area contributed by atoms with Gasteiger partial charge in [0.25, 0.3) is 0 Å². The molecule has 1 aliphatic heterocycles. The maximum absolute atomic E-state index is 5.84. The molecule has 146 valence electrons. The summed E-state index contributed by atoms with van der Waals surface area (Å²) in [4.78, 5) is 6.96. The van der Waals surface area contributed by atoms with Crippen molar-refractivity contribution < 1.29 is 9.47 Å². The van der Waals surface area contributed by atoms with E-state index in [1.54, 1.807) is 7.11 Å². The Morgan fingerprint density at radius 3 is 2.58 bits per heavy atom. The number of guanidine groups is 1. The first kappa shape index (κ1) is 20.5. The minimum absolute atomic E-state index is 0.126. The Labute approximate surface area is 158 Å². The van der Waals surface area contributed by atoms with E-state index < -0.39 is 0 Å². The zero-order valence-electron chi connectivity index (χ0n) is 16.8. The van der Waals surface area contributed by atoms with Crippen LogP contribution in [0.3, 0.4) is 0 Å². The summed E-state index contributed by atoms with van der Waals surface area (Å²) in [6.45, 7) is 7.35. The SMILES string of the molecule is CCNC(=NCC1(C)CCCO1)NCC(c1ccc(OC)cc1)N(C)C. The van der Waals surface area contributed by atoms with Crippen molar-refractivity contribution >= 4 is 5.96 Å². The van der Waals surface area contributed by atoms with E-state index in [1.165, 1.54) is 5.56 Å². The predicted octanol–water partition coefficient (Wildman–Crippen LogP) is 2.42. The van der Waals surface area contributed by atoms with Crippen LogP contribution in [-0.2, 0) is 4.74 Å². The highest BCUT2D eigenvalue weighted by Gasteiger charge is 2.29. The first-order valence-electron chi connectivity index (χ1n) is 9.44. The Bertz CT molecular complexity index is 566. The fraction of sp³-hybridized carbons (Fsp3) is 0.650. The molecule has 0 bridgehead atoms. The Balaban J connectivity index is 2.01. The van der Waals surface area contributed by atoms with Crippen LogP contribution < -0.4 is 15.4 Å². The van der Waals surface area contributed by atoms with E-state index in [0.29, 0.717) is 6.54 Å². The van der Waals surface area contributed by atoms with Gasteiger partial charge in [-0.2, -0.15) is 0 Å². The number of nitrogens with zero attached hydrogens (tertiary/aromatic N) is 2. The van der Waals surface area contributed by atoms with Gasteiger partial charge < -0.3 is 25.0 Å². The second-order valence-electron chi connectivity index (χ2n) is 7.23. The van der Waals surface area contributed by atoms with Gasteiger partial charge in [-0.15, -0.1) is 0 Å². The van der Waals surface area contributed by atoms with Gasteiger partial charge in [-0.3, -0.25) is 4.99 Å². The second-order valence-corrected chi connectivity index (χ2v) is 7.23. The van der Waals surface area contributed by atoms with Crippen LogP contribution in [0.4, 0.5) is 0 Å². The molecule has 1 heterocycles. The molecule has 1 aromatic carbocycles. The highest BCUT2D eigenvalue weighted by atomic mass is 16.5. The molecule has 0 radical (unpaired) electrons. The largest absolute Gasteiger partial charge is 0.497 e. The van der Waals surface area contributed by atoms with Gasteiger partial charge in [-0.25, -0.2) is 0 Å². The Morgan fingerprint density at radius 2 is 2.04 bits per heavy atom. The van der Waals surface area contributed by atoms with Crippen LogP contribution in [0.25, 0.3) is 0 Å². The van der Waals surface area contributed by atoms with Crippen molar-refractivity contribution in [3.05, 3.63) is 29.8 Å². The minimum atomic E-state index is -0.126. The van der Waals surface area contributed by atoms with Crippen molar-refractivity contribution in [1.82, 2.24) is 15.5 Å². The Kier molecular flexibility index (Phi) is 7.72. The van der Waals surface area contributed by atoms with E-state index in [-0.39, 0.29) is 11.6 Å². The normalized spacial score (nSPS) is 21.7. The smallest absolute Gasteiger partial charge is 0.191 e. The third-order valence-corrected chi connectivity index (χ3v) is 4.80. The van der Waals surface area contributed by atoms with Crippen molar-refractivity contribution in [1.29, 1.82) is 0 Å². The maximum atomic E-state index is 5.84. The third-order valence-electron chi connectivity index (χ3n) is 4.80. The molecule has 6 heteroatoms. The van der Waals surface area contributed by atoms with Crippen LogP contribution in [0, 0.1) is 0 Å². The van der Waals surface area contributed by atoms with E-state index >= 15 is 0 Å². The number of methoxy groups -OCH3 is 1. The topological polar surface area (TPSA) is 58.1 Å². The lowest BCUT2D eigenvalue weighted by Gasteiger charge is -2.27. The molecule has 6 nitrogen and oxygen atoms in total. The van der Waals surface area contributed by atoms with E-state index in [4.69, 9.17) is 14.5 Å². The van der Waals surface area contributed by atoms with Gasteiger partial charge in [0.05, 0.1) is 25.3 Å². The van der Waals surface area contributed by atoms with Crippen LogP contribution in [-0.4, -0.2) is 63.9 Å². The number of nitrogens with one attached hydrogen (secondary N) is 2. The average molecular weight is 363 g/mol. The van der Waals surface area contributed by atoms with Gasteiger partial charge in [0.1, 0.15) is 5.75 Å². The standard InChI is InChI=1S/C20H34N4O2/c1-6-21-19(23-15-20(2)12-7-13-26-20)22-14-18(24(3)4)16-8-10-17(25-5)11-9-16/h8-11,18H,6-7,12-15H2,1-5H3,(H2,21,22,23). The van der Waals surface area contributed by atoms with Crippen molar-refractivity contribution in [3.63, 3.8) is 0 Å². The van der Waals surface area contributed by atoms with Gasteiger partial charge in [0.2, 0.25) is 0 Å². The molecule has 0 aliphatic carbocycles. The van der Waals surface area contributed by atoms with Gasteiger partial charge in [0, 0.05) is 19.7 Å².